The van der Waals surface area contributed by atoms with Gasteiger partial charge in [-0.3, -0.25) is 14.8 Å². The molecular weight excluding hydrogens is 466 g/mol. The smallest absolute Gasteiger partial charge is 0.341 e. The SMILES string of the molecule is O=C1O[C@]2(CCN(C(=O)C3(c4ccc(OCc5cnc6ccccc6c5)cc4)CC3)C2)c2ccncc21. The highest BCUT2D eigenvalue weighted by molar-refractivity contribution is 5.95. The van der Waals surface area contributed by atoms with Crippen molar-refractivity contribution in [1.82, 2.24) is 14.9 Å². The van der Waals surface area contributed by atoms with Crippen molar-refractivity contribution in [2.45, 2.75) is 36.9 Å². The molecule has 7 rings (SSSR count). The number of hydrogen-bond acceptors (Lipinski definition) is 6. The molecule has 1 spiro atoms. The van der Waals surface area contributed by atoms with Gasteiger partial charge in [-0.2, -0.15) is 0 Å². The van der Waals surface area contributed by atoms with Crippen LogP contribution >= 0.6 is 0 Å². The van der Waals surface area contributed by atoms with E-state index in [1.807, 2.05) is 65.7 Å². The summed E-state index contributed by atoms with van der Waals surface area (Å²) in [6.45, 7) is 1.38. The quantitative estimate of drug-likeness (QED) is 0.382. The van der Waals surface area contributed by atoms with Crippen molar-refractivity contribution in [2.24, 2.45) is 0 Å². The number of hydrogen-bond donors (Lipinski definition) is 0. The first kappa shape index (κ1) is 22.0. The number of amides is 1. The molecule has 0 radical (unpaired) electrons. The minimum atomic E-state index is -0.754. The zero-order valence-corrected chi connectivity index (χ0v) is 20.2. The Morgan fingerprint density at radius 1 is 1.03 bits per heavy atom. The van der Waals surface area contributed by atoms with Crippen molar-refractivity contribution in [3.63, 3.8) is 0 Å². The number of ether oxygens (including phenoxy) is 2. The first-order valence-corrected chi connectivity index (χ1v) is 12.6. The molecule has 184 valence electrons. The molecule has 0 bridgehead atoms. The van der Waals surface area contributed by atoms with Gasteiger partial charge in [0.05, 0.1) is 23.0 Å². The van der Waals surface area contributed by atoms with Gasteiger partial charge in [-0.05, 0) is 48.7 Å². The molecule has 0 unspecified atom stereocenters. The maximum Gasteiger partial charge on any atom is 0.341 e. The predicted octanol–water partition coefficient (Wildman–Crippen LogP) is 4.54. The van der Waals surface area contributed by atoms with Crippen LogP contribution in [0.5, 0.6) is 5.75 Å². The zero-order valence-electron chi connectivity index (χ0n) is 20.2. The van der Waals surface area contributed by atoms with Crippen molar-refractivity contribution >= 4 is 22.8 Å². The third-order valence-electron chi connectivity index (χ3n) is 7.96. The van der Waals surface area contributed by atoms with Crippen LogP contribution in [0, 0.1) is 0 Å². The second-order valence-electron chi connectivity index (χ2n) is 10.2. The van der Waals surface area contributed by atoms with E-state index in [0.717, 1.165) is 46.2 Å². The predicted molar refractivity (Wildman–Crippen MR) is 136 cm³/mol. The number of fused-ring (bicyclic) bond motifs is 3. The number of carbonyl (C=O) groups excluding carboxylic acids is 2. The lowest BCUT2D eigenvalue weighted by atomic mass is 9.92. The van der Waals surface area contributed by atoms with Crippen molar-refractivity contribution < 1.29 is 19.1 Å². The van der Waals surface area contributed by atoms with Gasteiger partial charge in [-0.15, -0.1) is 0 Å². The molecule has 1 saturated heterocycles. The van der Waals surface area contributed by atoms with Gasteiger partial charge in [0.1, 0.15) is 12.4 Å². The number of likely N-dealkylation sites (tertiary alicyclic amines) is 1. The van der Waals surface area contributed by atoms with E-state index in [1.165, 1.54) is 0 Å². The van der Waals surface area contributed by atoms with E-state index in [-0.39, 0.29) is 11.9 Å². The van der Waals surface area contributed by atoms with Crippen LogP contribution in [-0.4, -0.2) is 39.8 Å². The Bertz CT molecular complexity index is 1550. The second-order valence-corrected chi connectivity index (χ2v) is 10.2. The fourth-order valence-electron chi connectivity index (χ4n) is 5.79. The van der Waals surface area contributed by atoms with Crippen molar-refractivity contribution in [3.8, 4) is 5.75 Å². The average Bonchev–Trinajstić information content (AvgIpc) is 3.57. The minimum absolute atomic E-state index is 0.110. The number of rotatable bonds is 5. The van der Waals surface area contributed by atoms with E-state index < -0.39 is 11.0 Å². The summed E-state index contributed by atoms with van der Waals surface area (Å²) in [6.07, 6.45) is 7.31. The lowest BCUT2D eigenvalue weighted by Gasteiger charge is -2.27. The van der Waals surface area contributed by atoms with E-state index >= 15 is 0 Å². The molecule has 2 aromatic carbocycles. The summed E-state index contributed by atoms with van der Waals surface area (Å²) < 4.78 is 11.8. The fraction of sp³-hybridized carbons (Fsp3) is 0.267. The van der Waals surface area contributed by atoms with Gasteiger partial charge in [0, 0.05) is 48.1 Å². The maximum absolute atomic E-state index is 13.7. The Morgan fingerprint density at radius 3 is 2.70 bits per heavy atom. The fourth-order valence-corrected chi connectivity index (χ4v) is 5.79. The maximum atomic E-state index is 13.7. The number of esters is 1. The number of nitrogens with zero attached hydrogens (tertiary/aromatic N) is 3. The lowest BCUT2D eigenvalue weighted by molar-refractivity contribution is -0.134. The van der Waals surface area contributed by atoms with E-state index in [9.17, 15) is 9.59 Å². The van der Waals surface area contributed by atoms with Crippen molar-refractivity contribution in [3.05, 3.63) is 102 Å². The number of carbonyl (C=O) groups is 2. The van der Waals surface area contributed by atoms with Crippen LogP contribution in [0.15, 0.2) is 79.3 Å². The summed E-state index contributed by atoms with van der Waals surface area (Å²) in [7, 11) is 0. The third-order valence-corrected chi connectivity index (χ3v) is 7.96. The molecule has 2 aliphatic heterocycles. The van der Waals surface area contributed by atoms with Gasteiger partial charge < -0.3 is 14.4 Å². The van der Waals surface area contributed by atoms with E-state index in [2.05, 4.69) is 16.0 Å². The van der Waals surface area contributed by atoms with Gasteiger partial charge in [0.15, 0.2) is 5.60 Å². The Labute approximate surface area is 214 Å². The zero-order chi connectivity index (χ0) is 25.0. The first-order valence-electron chi connectivity index (χ1n) is 12.6. The van der Waals surface area contributed by atoms with Crippen LogP contribution in [-0.2, 0) is 27.2 Å². The number of benzene rings is 2. The Balaban J connectivity index is 1.04. The monoisotopic (exact) mass is 491 g/mol. The molecule has 1 atom stereocenters. The summed E-state index contributed by atoms with van der Waals surface area (Å²) in [5.74, 6) is 0.510. The van der Waals surface area contributed by atoms with Gasteiger partial charge in [0.2, 0.25) is 5.91 Å². The van der Waals surface area contributed by atoms with Crippen LogP contribution in [0.4, 0.5) is 0 Å². The van der Waals surface area contributed by atoms with E-state index in [0.29, 0.717) is 31.7 Å². The van der Waals surface area contributed by atoms with E-state index in [1.54, 1.807) is 12.4 Å². The first-order chi connectivity index (χ1) is 18.1. The molecule has 1 saturated carbocycles. The molecular formula is C30H25N3O4. The molecule has 4 heterocycles. The summed E-state index contributed by atoms with van der Waals surface area (Å²) in [5.41, 5.74) is 3.07. The van der Waals surface area contributed by atoms with Gasteiger partial charge in [0.25, 0.3) is 0 Å². The van der Waals surface area contributed by atoms with Gasteiger partial charge in [-0.1, -0.05) is 30.3 Å². The molecule has 7 heteroatoms. The summed E-state index contributed by atoms with van der Waals surface area (Å²) in [4.78, 5) is 36.5. The van der Waals surface area contributed by atoms with Crippen LogP contribution in [0.1, 0.15) is 46.3 Å². The molecule has 2 aromatic heterocycles. The van der Waals surface area contributed by atoms with E-state index in [4.69, 9.17) is 9.47 Å². The molecule has 7 nitrogen and oxygen atoms in total. The van der Waals surface area contributed by atoms with Gasteiger partial charge >= 0.3 is 5.97 Å². The Morgan fingerprint density at radius 2 is 1.86 bits per heavy atom. The second kappa shape index (κ2) is 8.13. The molecule has 2 fully saturated rings. The molecule has 4 aromatic rings. The molecule has 0 N–H and O–H groups in total. The Hall–Kier alpha value is -4.26. The van der Waals surface area contributed by atoms with Crippen molar-refractivity contribution in [1.29, 1.82) is 0 Å². The highest BCUT2D eigenvalue weighted by atomic mass is 16.6. The van der Waals surface area contributed by atoms with Gasteiger partial charge in [-0.25, -0.2) is 4.79 Å². The molecule has 3 aliphatic rings. The minimum Gasteiger partial charge on any atom is -0.489 e. The number of pyridine rings is 2. The molecule has 1 aliphatic carbocycles. The highest BCUT2D eigenvalue weighted by Crippen LogP contribution is 2.52. The molecule has 37 heavy (non-hydrogen) atoms. The van der Waals surface area contributed by atoms with Crippen LogP contribution < -0.4 is 4.74 Å². The summed E-state index contributed by atoms with van der Waals surface area (Å²) in [6, 6.07) is 19.8. The standard InChI is InChI=1S/C30H25N3O4/c34-27-24-17-31-13-9-25(24)30(37-27)12-14-33(19-30)28(35)29(10-11-29)22-5-7-23(8-6-22)36-18-20-15-21-3-1-2-4-26(21)32-16-20/h1-9,13,15-17H,10-12,14,18-19H2/t30-/m0/s1. The van der Waals surface area contributed by atoms with Crippen LogP contribution in [0.3, 0.4) is 0 Å². The number of para-hydroxylation sites is 1. The average molecular weight is 492 g/mol. The third kappa shape index (κ3) is 3.56. The largest absolute Gasteiger partial charge is 0.489 e. The summed E-state index contributed by atoms with van der Waals surface area (Å²) >= 11 is 0. The number of aromatic nitrogens is 2. The van der Waals surface area contributed by atoms with Crippen molar-refractivity contribution in [2.75, 3.05) is 13.1 Å². The topological polar surface area (TPSA) is 81.6 Å². The normalized spacial score (nSPS) is 21.2. The highest BCUT2D eigenvalue weighted by Gasteiger charge is 2.57. The Kier molecular flexibility index (Phi) is 4.83. The van der Waals surface area contributed by atoms with Crippen LogP contribution in [0.25, 0.3) is 10.9 Å². The lowest BCUT2D eigenvalue weighted by Crippen LogP contribution is -2.40. The van der Waals surface area contributed by atoms with Crippen LogP contribution in [0.2, 0.25) is 0 Å². The molecule has 1 amide bonds. The summed E-state index contributed by atoms with van der Waals surface area (Å²) in [5, 5.41) is 1.09.